The van der Waals surface area contributed by atoms with Crippen molar-refractivity contribution in [3.63, 3.8) is 0 Å². The van der Waals surface area contributed by atoms with Gasteiger partial charge in [0.25, 0.3) is 11.6 Å². The lowest BCUT2D eigenvalue weighted by molar-refractivity contribution is -0.384. The van der Waals surface area contributed by atoms with Crippen LogP contribution in [0.25, 0.3) is 5.69 Å². The molecular formula is C19H15N5O4S. The van der Waals surface area contributed by atoms with Crippen molar-refractivity contribution < 1.29 is 9.72 Å². The molecule has 0 aliphatic rings. The standard InChI is InChI=1S/C19H15N5O4S/c1-10-8-16(25)17(18(26)21-19-13(9-20)11(2)12(3)29-19)22-23(10)14-6-4-5-7-15(14)24(27)28/h4-8H,1-3H3,(H,21,26). The molecule has 1 amide bonds. The number of hydrogen-bond acceptors (Lipinski definition) is 7. The molecule has 0 atom stereocenters. The van der Waals surface area contributed by atoms with Crippen LogP contribution < -0.4 is 10.7 Å². The minimum atomic E-state index is -0.792. The summed E-state index contributed by atoms with van der Waals surface area (Å²) < 4.78 is 1.19. The van der Waals surface area contributed by atoms with Crippen LogP contribution in [0.5, 0.6) is 0 Å². The number of carbonyl (C=O) groups is 1. The van der Waals surface area contributed by atoms with Gasteiger partial charge in [0, 0.05) is 22.7 Å². The van der Waals surface area contributed by atoms with Crippen molar-refractivity contribution in [2.45, 2.75) is 20.8 Å². The molecule has 10 heteroatoms. The SMILES string of the molecule is Cc1sc(NC(=O)c2nn(-c3ccccc3[N+](=O)[O-])c(C)cc2=O)c(C#N)c1C. The summed E-state index contributed by atoms with van der Waals surface area (Å²) in [6, 6.07) is 9.12. The van der Waals surface area contributed by atoms with Crippen molar-refractivity contribution in [3.05, 3.63) is 78.1 Å². The van der Waals surface area contributed by atoms with Gasteiger partial charge in [-0.2, -0.15) is 10.4 Å². The second-order valence-electron chi connectivity index (χ2n) is 6.21. The van der Waals surface area contributed by atoms with E-state index in [0.29, 0.717) is 16.3 Å². The summed E-state index contributed by atoms with van der Waals surface area (Å²) in [5.41, 5.74) is 0.272. The number of carbonyl (C=O) groups excluding carboxylic acids is 1. The number of benzene rings is 1. The predicted molar refractivity (Wildman–Crippen MR) is 108 cm³/mol. The third-order valence-corrected chi connectivity index (χ3v) is 5.48. The van der Waals surface area contributed by atoms with Gasteiger partial charge in [0.1, 0.15) is 16.8 Å². The molecule has 0 saturated heterocycles. The highest BCUT2D eigenvalue weighted by molar-refractivity contribution is 7.16. The molecule has 29 heavy (non-hydrogen) atoms. The van der Waals surface area contributed by atoms with E-state index in [-0.39, 0.29) is 11.4 Å². The Hall–Kier alpha value is -3.84. The van der Waals surface area contributed by atoms with Crippen LogP contribution in [0.4, 0.5) is 10.7 Å². The average molecular weight is 409 g/mol. The average Bonchev–Trinajstić information content (AvgIpc) is 2.94. The van der Waals surface area contributed by atoms with Crippen molar-refractivity contribution in [2.75, 3.05) is 5.32 Å². The summed E-state index contributed by atoms with van der Waals surface area (Å²) >= 11 is 1.22. The second kappa shape index (κ2) is 7.65. The number of nitro benzene ring substituents is 1. The highest BCUT2D eigenvalue weighted by Crippen LogP contribution is 2.31. The summed E-state index contributed by atoms with van der Waals surface area (Å²) in [5.74, 6) is -0.792. The van der Waals surface area contributed by atoms with Gasteiger partial charge in [0.05, 0.1) is 10.5 Å². The smallest absolute Gasteiger partial charge is 0.294 e. The predicted octanol–water partition coefficient (Wildman–Crippen LogP) is 3.25. The molecule has 0 fully saturated rings. The van der Waals surface area contributed by atoms with Crippen LogP contribution in [0.3, 0.4) is 0 Å². The summed E-state index contributed by atoms with van der Waals surface area (Å²) in [5, 5.41) is 27.6. The topological polar surface area (TPSA) is 131 Å². The number of para-hydroxylation sites is 2. The van der Waals surface area contributed by atoms with E-state index in [1.54, 1.807) is 19.9 Å². The normalized spacial score (nSPS) is 10.4. The Kier molecular flexibility index (Phi) is 5.25. The molecule has 2 heterocycles. The Morgan fingerprint density at radius 2 is 2.00 bits per heavy atom. The van der Waals surface area contributed by atoms with Crippen molar-refractivity contribution in [2.24, 2.45) is 0 Å². The van der Waals surface area contributed by atoms with E-state index < -0.39 is 22.0 Å². The number of rotatable bonds is 4. The zero-order chi connectivity index (χ0) is 21.3. The molecule has 0 aliphatic heterocycles. The number of nitrogens with one attached hydrogen (secondary N) is 1. The molecule has 3 rings (SSSR count). The largest absolute Gasteiger partial charge is 0.311 e. The van der Waals surface area contributed by atoms with Gasteiger partial charge >= 0.3 is 0 Å². The molecule has 0 radical (unpaired) electrons. The fourth-order valence-corrected chi connectivity index (χ4v) is 3.76. The summed E-state index contributed by atoms with van der Waals surface area (Å²) in [6.45, 7) is 5.15. The van der Waals surface area contributed by atoms with Gasteiger partial charge in [0.2, 0.25) is 5.43 Å². The van der Waals surface area contributed by atoms with Gasteiger partial charge in [-0.3, -0.25) is 19.7 Å². The fourth-order valence-electron chi connectivity index (χ4n) is 2.76. The van der Waals surface area contributed by atoms with Crippen molar-refractivity contribution in [3.8, 4) is 11.8 Å². The number of nitrogens with zero attached hydrogens (tertiary/aromatic N) is 4. The highest BCUT2D eigenvalue weighted by atomic mass is 32.1. The second-order valence-corrected chi connectivity index (χ2v) is 7.43. The molecule has 0 spiro atoms. The van der Waals surface area contributed by atoms with Gasteiger partial charge in [-0.15, -0.1) is 11.3 Å². The van der Waals surface area contributed by atoms with E-state index in [2.05, 4.69) is 10.4 Å². The first kappa shape index (κ1) is 19.9. The number of anilines is 1. The maximum atomic E-state index is 12.7. The number of hydrogen-bond donors (Lipinski definition) is 1. The number of aryl methyl sites for hydroxylation is 2. The van der Waals surface area contributed by atoms with Crippen LogP contribution in [0.15, 0.2) is 35.1 Å². The van der Waals surface area contributed by atoms with E-state index in [0.717, 1.165) is 10.4 Å². The van der Waals surface area contributed by atoms with Gasteiger partial charge < -0.3 is 5.32 Å². The maximum Gasteiger partial charge on any atom is 0.294 e. The van der Waals surface area contributed by atoms with Gasteiger partial charge in [-0.25, -0.2) is 4.68 Å². The van der Waals surface area contributed by atoms with Crippen molar-refractivity contribution >= 4 is 27.9 Å². The molecule has 0 bridgehead atoms. The minimum absolute atomic E-state index is 0.129. The van der Waals surface area contributed by atoms with Crippen LogP contribution >= 0.6 is 11.3 Å². The maximum absolute atomic E-state index is 12.7. The number of thiophene rings is 1. The fraction of sp³-hybridized carbons (Fsp3) is 0.158. The highest BCUT2D eigenvalue weighted by Gasteiger charge is 2.22. The Bertz CT molecular complexity index is 1250. The van der Waals surface area contributed by atoms with Gasteiger partial charge in [0.15, 0.2) is 5.69 Å². The monoisotopic (exact) mass is 409 g/mol. The Labute approximate surface area is 169 Å². The molecule has 3 aromatic rings. The minimum Gasteiger partial charge on any atom is -0.311 e. The number of aromatic nitrogens is 2. The molecule has 0 aliphatic carbocycles. The van der Waals surface area contributed by atoms with E-state index in [1.807, 2.05) is 13.0 Å². The molecule has 1 N–H and O–H groups in total. The summed E-state index contributed by atoms with van der Waals surface area (Å²) in [4.78, 5) is 36.7. The zero-order valence-electron chi connectivity index (χ0n) is 15.7. The first-order valence-electron chi connectivity index (χ1n) is 8.40. The van der Waals surface area contributed by atoms with Crippen LogP contribution in [0, 0.1) is 42.2 Å². The van der Waals surface area contributed by atoms with Crippen LogP contribution in [-0.2, 0) is 0 Å². The zero-order valence-corrected chi connectivity index (χ0v) is 16.5. The molecule has 146 valence electrons. The summed E-state index contributed by atoms with van der Waals surface area (Å²) in [7, 11) is 0. The van der Waals surface area contributed by atoms with E-state index >= 15 is 0 Å². The summed E-state index contributed by atoms with van der Waals surface area (Å²) in [6.07, 6.45) is 0. The van der Waals surface area contributed by atoms with Crippen LogP contribution in [0.2, 0.25) is 0 Å². The molecule has 1 aromatic carbocycles. The van der Waals surface area contributed by atoms with Crippen LogP contribution in [-0.4, -0.2) is 20.6 Å². The Morgan fingerprint density at radius 1 is 1.31 bits per heavy atom. The molecule has 0 unspecified atom stereocenters. The first-order valence-corrected chi connectivity index (χ1v) is 9.22. The molecule has 9 nitrogen and oxygen atoms in total. The lowest BCUT2D eigenvalue weighted by atomic mass is 10.2. The van der Waals surface area contributed by atoms with Gasteiger partial charge in [-0.05, 0) is 32.4 Å². The molecule has 0 saturated carbocycles. The number of nitriles is 1. The van der Waals surface area contributed by atoms with Crippen LogP contribution in [0.1, 0.15) is 32.2 Å². The number of amides is 1. The third-order valence-electron chi connectivity index (χ3n) is 4.35. The van der Waals surface area contributed by atoms with Crippen molar-refractivity contribution in [1.29, 1.82) is 5.26 Å². The van der Waals surface area contributed by atoms with Crippen molar-refractivity contribution in [1.82, 2.24) is 9.78 Å². The lowest BCUT2D eigenvalue weighted by Gasteiger charge is -2.11. The third kappa shape index (κ3) is 3.63. The van der Waals surface area contributed by atoms with Gasteiger partial charge in [-0.1, -0.05) is 12.1 Å². The number of nitro groups is 1. The lowest BCUT2D eigenvalue weighted by Crippen LogP contribution is -2.27. The quantitative estimate of drug-likeness (QED) is 0.520. The van der Waals surface area contributed by atoms with E-state index in [9.17, 15) is 25.0 Å². The first-order chi connectivity index (χ1) is 13.7. The molecule has 2 aromatic heterocycles. The molecular weight excluding hydrogens is 394 g/mol. The Balaban J connectivity index is 2.09. The van der Waals surface area contributed by atoms with E-state index in [1.165, 1.54) is 40.3 Å². The van der Waals surface area contributed by atoms with E-state index in [4.69, 9.17) is 0 Å². The Morgan fingerprint density at radius 3 is 2.66 bits per heavy atom.